The number of rotatable bonds is 8. The van der Waals surface area contributed by atoms with Crippen molar-refractivity contribution >= 4 is 17.5 Å². The number of nitrogens with zero attached hydrogens (tertiary/aromatic N) is 1. The Kier molecular flexibility index (Phi) is 7.86. The van der Waals surface area contributed by atoms with Gasteiger partial charge in [-0.1, -0.05) is 23.7 Å². The molecule has 1 aliphatic rings. The maximum Gasteiger partial charge on any atom is 0.224 e. The summed E-state index contributed by atoms with van der Waals surface area (Å²) in [5, 5.41) is 3.80. The molecule has 0 aliphatic carbocycles. The summed E-state index contributed by atoms with van der Waals surface area (Å²) in [5.41, 5.74) is 1.24. The number of halogens is 1. The number of likely N-dealkylation sites (tertiary alicyclic amines) is 1. The van der Waals surface area contributed by atoms with Crippen molar-refractivity contribution < 1.29 is 9.53 Å². The monoisotopic (exact) mass is 338 g/mol. The highest BCUT2D eigenvalue weighted by Crippen LogP contribution is 2.19. The third-order valence-electron chi connectivity index (χ3n) is 4.16. The zero-order valence-electron chi connectivity index (χ0n) is 13.9. The van der Waals surface area contributed by atoms with E-state index >= 15 is 0 Å². The van der Waals surface area contributed by atoms with Crippen LogP contribution in [-0.4, -0.2) is 43.7 Å². The lowest BCUT2D eigenvalue weighted by atomic mass is 9.96. The first-order valence-electron chi connectivity index (χ1n) is 8.51. The van der Waals surface area contributed by atoms with Crippen molar-refractivity contribution in [2.24, 2.45) is 5.92 Å². The van der Waals surface area contributed by atoms with Gasteiger partial charge in [-0.05, 0) is 50.4 Å². The number of hydrogen-bond donors (Lipinski definition) is 1. The Morgan fingerprint density at radius 3 is 2.91 bits per heavy atom. The second-order valence-corrected chi connectivity index (χ2v) is 6.48. The van der Waals surface area contributed by atoms with E-state index in [0.717, 1.165) is 50.5 Å². The van der Waals surface area contributed by atoms with Crippen molar-refractivity contribution in [3.63, 3.8) is 0 Å². The molecule has 1 fully saturated rings. The van der Waals surface area contributed by atoms with Gasteiger partial charge in [-0.15, -0.1) is 0 Å². The Hall–Kier alpha value is -1.10. The molecule has 0 radical (unpaired) electrons. The van der Waals surface area contributed by atoms with Crippen molar-refractivity contribution in [2.75, 3.05) is 32.8 Å². The van der Waals surface area contributed by atoms with E-state index in [0.29, 0.717) is 13.2 Å². The maximum absolute atomic E-state index is 12.3. The number of nitrogens with one attached hydrogen (secondary N) is 1. The highest BCUT2D eigenvalue weighted by atomic mass is 35.5. The molecular formula is C18H27ClN2O2. The zero-order valence-corrected chi connectivity index (χ0v) is 14.6. The minimum Gasteiger partial charge on any atom is -0.382 e. The highest BCUT2D eigenvalue weighted by Gasteiger charge is 2.25. The molecule has 1 amide bonds. The molecule has 5 heteroatoms. The minimum absolute atomic E-state index is 0.100. The number of amides is 1. The second-order valence-electron chi connectivity index (χ2n) is 6.04. The Bertz CT molecular complexity index is 478. The molecule has 0 bridgehead atoms. The summed E-state index contributed by atoms with van der Waals surface area (Å²) in [7, 11) is 0. The van der Waals surface area contributed by atoms with Crippen LogP contribution >= 0.6 is 11.6 Å². The Labute approximate surface area is 144 Å². The molecule has 128 valence electrons. The van der Waals surface area contributed by atoms with Crippen LogP contribution in [0.3, 0.4) is 0 Å². The molecule has 1 N–H and O–H groups in total. The van der Waals surface area contributed by atoms with E-state index in [9.17, 15) is 4.79 Å². The van der Waals surface area contributed by atoms with Crippen molar-refractivity contribution in [1.29, 1.82) is 0 Å². The summed E-state index contributed by atoms with van der Waals surface area (Å²) in [6, 6.07) is 7.95. The lowest BCUT2D eigenvalue weighted by molar-refractivity contribution is -0.126. The first-order chi connectivity index (χ1) is 11.2. The Balaban J connectivity index is 1.74. The maximum atomic E-state index is 12.3. The second kappa shape index (κ2) is 9.91. The summed E-state index contributed by atoms with van der Waals surface area (Å²) >= 11 is 5.92. The molecule has 1 aromatic rings. The molecule has 0 saturated carbocycles. The molecular weight excluding hydrogens is 312 g/mol. The summed E-state index contributed by atoms with van der Waals surface area (Å²) in [6.45, 7) is 6.89. The van der Waals surface area contributed by atoms with Crippen LogP contribution in [-0.2, 0) is 16.1 Å². The van der Waals surface area contributed by atoms with Gasteiger partial charge in [0.1, 0.15) is 0 Å². The predicted molar refractivity (Wildman–Crippen MR) is 93.6 cm³/mol. The van der Waals surface area contributed by atoms with Gasteiger partial charge in [-0.25, -0.2) is 0 Å². The first-order valence-corrected chi connectivity index (χ1v) is 8.89. The van der Waals surface area contributed by atoms with Gasteiger partial charge in [-0.3, -0.25) is 9.69 Å². The fourth-order valence-corrected chi connectivity index (χ4v) is 3.06. The lowest BCUT2D eigenvalue weighted by Crippen LogP contribution is -2.43. The SMILES string of the molecule is CCOCCCNC(=O)C1CCCN(Cc2ccc(Cl)cc2)C1. The number of ether oxygens (including phenoxy) is 1. The Morgan fingerprint density at radius 2 is 2.17 bits per heavy atom. The molecule has 2 rings (SSSR count). The van der Waals surface area contributed by atoms with Gasteiger partial charge in [0.05, 0.1) is 5.92 Å². The molecule has 1 aromatic carbocycles. The van der Waals surface area contributed by atoms with Gasteiger partial charge < -0.3 is 10.1 Å². The van der Waals surface area contributed by atoms with E-state index in [1.54, 1.807) is 0 Å². The topological polar surface area (TPSA) is 41.6 Å². The number of benzene rings is 1. The van der Waals surface area contributed by atoms with Gasteiger partial charge >= 0.3 is 0 Å². The van der Waals surface area contributed by atoms with Crippen LogP contribution in [0.1, 0.15) is 31.7 Å². The third-order valence-corrected chi connectivity index (χ3v) is 4.42. The fraction of sp³-hybridized carbons (Fsp3) is 0.611. The number of piperidine rings is 1. The van der Waals surface area contributed by atoms with Crippen LogP contribution in [0.25, 0.3) is 0 Å². The molecule has 1 unspecified atom stereocenters. The highest BCUT2D eigenvalue weighted by molar-refractivity contribution is 6.30. The largest absolute Gasteiger partial charge is 0.382 e. The van der Waals surface area contributed by atoms with Crippen molar-refractivity contribution in [1.82, 2.24) is 10.2 Å². The summed E-state index contributed by atoms with van der Waals surface area (Å²) < 4.78 is 5.28. The van der Waals surface area contributed by atoms with E-state index in [2.05, 4.69) is 22.3 Å². The average Bonchev–Trinajstić information content (AvgIpc) is 2.57. The van der Waals surface area contributed by atoms with Crippen LogP contribution < -0.4 is 5.32 Å². The number of carbonyl (C=O) groups excluding carboxylic acids is 1. The van der Waals surface area contributed by atoms with Crippen LogP contribution in [0.15, 0.2) is 24.3 Å². The molecule has 0 aromatic heterocycles. The molecule has 1 heterocycles. The van der Waals surface area contributed by atoms with E-state index in [1.165, 1.54) is 5.56 Å². The van der Waals surface area contributed by atoms with Crippen LogP contribution in [0.5, 0.6) is 0 Å². The average molecular weight is 339 g/mol. The summed E-state index contributed by atoms with van der Waals surface area (Å²) in [4.78, 5) is 14.6. The lowest BCUT2D eigenvalue weighted by Gasteiger charge is -2.32. The molecule has 1 atom stereocenters. The molecule has 0 spiro atoms. The predicted octanol–water partition coefficient (Wildman–Crippen LogP) is 3.09. The normalized spacial score (nSPS) is 18.8. The number of carbonyl (C=O) groups is 1. The van der Waals surface area contributed by atoms with Gasteiger partial charge in [0.25, 0.3) is 0 Å². The van der Waals surface area contributed by atoms with Gasteiger partial charge in [0, 0.05) is 37.9 Å². The molecule has 4 nitrogen and oxygen atoms in total. The molecule has 1 saturated heterocycles. The van der Waals surface area contributed by atoms with Crippen LogP contribution in [0, 0.1) is 5.92 Å². The van der Waals surface area contributed by atoms with Crippen LogP contribution in [0.4, 0.5) is 0 Å². The molecule has 23 heavy (non-hydrogen) atoms. The summed E-state index contributed by atoms with van der Waals surface area (Å²) in [6.07, 6.45) is 2.93. The summed E-state index contributed by atoms with van der Waals surface area (Å²) in [5.74, 6) is 0.283. The van der Waals surface area contributed by atoms with Crippen molar-refractivity contribution in [3.05, 3.63) is 34.9 Å². The fourth-order valence-electron chi connectivity index (χ4n) is 2.94. The Morgan fingerprint density at radius 1 is 1.39 bits per heavy atom. The van der Waals surface area contributed by atoms with E-state index in [4.69, 9.17) is 16.3 Å². The van der Waals surface area contributed by atoms with Gasteiger partial charge in [0.2, 0.25) is 5.91 Å². The van der Waals surface area contributed by atoms with Gasteiger partial charge in [0.15, 0.2) is 0 Å². The quantitative estimate of drug-likeness (QED) is 0.741. The van der Waals surface area contributed by atoms with Crippen molar-refractivity contribution in [3.8, 4) is 0 Å². The van der Waals surface area contributed by atoms with Crippen molar-refractivity contribution in [2.45, 2.75) is 32.7 Å². The van der Waals surface area contributed by atoms with Gasteiger partial charge in [-0.2, -0.15) is 0 Å². The minimum atomic E-state index is 0.100. The first kappa shape index (κ1) is 18.2. The standard InChI is InChI=1S/C18H27ClN2O2/c1-2-23-12-4-10-20-18(22)16-5-3-11-21(14-16)13-15-6-8-17(19)9-7-15/h6-9,16H,2-5,10-14H2,1H3,(H,20,22). The van der Waals surface area contributed by atoms with E-state index in [-0.39, 0.29) is 11.8 Å². The number of hydrogen-bond acceptors (Lipinski definition) is 3. The smallest absolute Gasteiger partial charge is 0.224 e. The zero-order chi connectivity index (χ0) is 16.5. The third kappa shape index (κ3) is 6.50. The molecule has 1 aliphatic heterocycles. The van der Waals surface area contributed by atoms with E-state index < -0.39 is 0 Å². The van der Waals surface area contributed by atoms with Crippen LogP contribution in [0.2, 0.25) is 5.02 Å². The van der Waals surface area contributed by atoms with E-state index in [1.807, 2.05) is 19.1 Å².